The molecular weight excluding hydrogens is 485 g/mol. The number of methoxy groups -OCH3 is 1. The Morgan fingerprint density at radius 2 is 2.17 bits per heavy atom. The Bertz CT molecular complexity index is 595. The van der Waals surface area contributed by atoms with E-state index in [4.69, 9.17) is 19.2 Å². The fourth-order valence-electron chi connectivity index (χ4n) is 3.22. The van der Waals surface area contributed by atoms with Crippen LogP contribution in [0.15, 0.2) is 29.3 Å². The third-order valence-corrected chi connectivity index (χ3v) is 4.88. The fraction of sp³-hybridized carbons (Fsp3) is 0.667. The normalized spacial score (nSPS) is 18.9. The van der Waals surface area contributed by atoms with Crippen molar-refractivity contribution < 1.29 is 19.3 Å². The van der Waals surface area contributed by atoms with E-state index in [1.807, 2.05) is 31.2 Å². The van der Waals surface area contributed by atoms with Crippen LogP contribution in [0.4, 0.5) is 0 Å². The van der Waals surface area contributed by atoms with Gasteiger partial charge in [0.15, 0.2) is 5.96 Å². The molecule has 1 heterocycles. The van der Waals surface area contributed by atoms with Gasteiger partial charge in [-0.25, -0.2) is 4.99 Å². The summed E-state index contributed by atoms with van der Waals surface area (Å²) in [6, 6.07) is 8.02. The summed E-state index contributed by atoms with van der Waals surface area (Å²) in [5.41, 5.74) is 1.08. The second-order valence-corrected chi connectivity index (χ2v) is 7.17. The Labute approximate surface area is 191 Å². The third kappa shape index (κ3) is 9.50. The number of hydrogen-bond donors (Lipinski definition) is 3. The number of aliphatic hydroxyl groups excluding tert-OH is 1. The predicted octanol–water partition coefficient (Wildman–Crippen LogP) is 2.56. The van der Waals surface area contributed by atoms with Crippen molar-refractivity contribution in [2.24, 2.45) is 10.4 Å². The minimum absolute atomic E-state index is 0. The molecule has 2 rings (SSSR count). The molecule has 1 saturated heterocycles. The van der Waals surface area contributed by atoms with E-state index in [0.717, 1.165) is 56.2 Å². The minimum Gasteiger partial charge on any atom is -0.493 e. The van der Waals surface area contributed by atoms with Crippen molar-refractivity contribution in [3.63, 3.8) is 0 Å². The molecule has 1 atom stereocenters. The molecule has 0 bridgehead atoms. The minimum atomic E-state index is -0.0130. The molecule has 0 saturated carbocycles. The molecule has 3 N–H and O–H groups in total. The van der Waals surface area contributed by atoms with E-state index < -0.39 is 0 Å². The second-order valence-electron chi connectivity index (χ2n) is 7.17. The summed E-state index contributed by atoms with van der Waals surface area (Å²) < 4.78 is 16.4. The van der Waals surface area contributed by atoms with Gasteiger partial charge in [-0.1, -0.05) is 12.1 Å². The fourth-order valence-corrected chi connectivity index (χ4v) is 3.22. The molecule has 1 aromatic carbocycles. The van der Waals surface area contributed by atoms with E-state index in [-0.39, 0.29) is 36.0 Å². The number of ether oxygens (including phenoxy) is 3. The van der Waals surface area contributed by atoms with Crippen LogP contribution in [-0.2, 0) is 16.0 Å². The van der Waals surface area contributed by atoms with Gasteiger partial charge >= 0.3 is 0 Å². The Morgan fingerprint density at radius 3 is 2.86 bits per heavy atom. The zero-order valence-corrected chi connectivity index (χ0v) is 19.9. The molecule has 0 radical (unpaired) electrons. The number of aliphatic imine (C=N–C) groups is 1. The molecule has 0 aliphatic carbocycles. The van der Waals surface area contributed by atoms with Gasteiger partial charge < -0.3 is 30.0 Å². The van der Waals surface area contributed by atoms with Crippen LogP contribution in [0, 0.1) is 5.41 Å². The highest BCUT2D eigenvalue weighted by atomic mass is 127. The van der Waals surface area contributed by atoms with Gasteiger partial charge in [-0.15, -0.1) is 24.0 Å². The lowest BCUT2D eigenvalue weighted by molar-refractivity contribution is 0.127. The second kappa shape index (κ2) is 14.8. The molecule has 8 heteroatoms. The van der Waals surface area contributed by atoms with Crippen LogP contribution in [0.5, 0.6) is 5.75 Å². The first kappa shape index (κ1) is 25.9. The molecule has 7 nitrogen and oxygen atoms in total. The van der Waals surface area contributed by atoms with Gasteiger partial charge in [0, 0.05) is 51.9 Å². The predicted molar refractivity (Wildman–Crippen MR) is 126 cm³/mol. The molecule has 1 aliphatic rings. The van der Waals surface area contributed by atoms with Crippen molar-refractivity contribution in [1.82, 2.24) is 10.6 Å². The van der Waals surface area contributed by atoms with E-state index in [2.05, 4.69) is 10.6 Å². The molecule has 29 heavy (non-hydrogen) atoms. The highest BCUT2D eigenvalue weighted by Crippen LogP contribution is 2.31. The van der Waals surface area contributed by atoms with Crippen LogP contribution in [0.1, 0.15) is 31.7 Å². The molecule has 1 unspecified atom stereocenters. The first-order valence-electron chi connectivity index (χ1n) is 10.1. The Morgan fingerprint density at radius 1 is 1.31 bits per heavy atom. The summed E-state index contributed by atoms with van der Waals surface area (Å²) in [6.45, 7) is 7.09. The lowest BCUT2D eigenvalue weighted by Gasteiger charge is -2.27. The van der Waals surface area contributed by atoms with E-state index in [9.17, 15) is 5.11 Å². The molecular formula is C21H36IN3O4. The Balaban J connectivity index is 0.00000420. The zero-order chi connectivity index (χ0) is 20.1. The monoisotopic (exact) mass is 521 g/mol. The van der Waals surface area contributed by atoms with E-state index in [1.54, 1.807) is 7.11 Å². The largest absolute Gasteiger partial charge is 0.493 e. The van der Waals surface area contributed by atoms with E-state index >= 15 is 0 Å². The molecule has 0 spiro atoms. The summed E-state index contributed by atoms with van der Waals surface area (Å²) >= 11 is 0. The van der Waals surface area contributed by atoms with Gasteiger partial charge in [-0.2, -0.15) is 0 Å². The van der Waals surface area contributed by atoms with Gasteiger partial charge in [0.05, 0.1) is 19.8 Å². The van der Waals surface area contributed by atoms with Crippen LogP contribution in [0.3, 0.4) is 0 Å². The third-order valence-electron chi connectivity index (χ3n) is 4.88. The molecule has 0 aromatic heterocycles. The summed E-state index contributed by atoms with van der Waals surface area (Å²) in [5, 5.41) is 16.1. The van der Waals surface area contributed by atoms with Crippen LogP contribution < -0.4 is 15.4 Å². The number of nitrogens with zero attached hydrogens (tertiary/aromatic N) is 1. The first-order chi connectivity index (χ1) is 13.7. The van der Waals surface area contributed by atoms with Crippen molar-refractivity contribution in [2.45, 2.75) is 32.7 Å². The van der Waals surface area contributed by atoms with E-state index in [1.165, 1.54) is 0 Å². The standard InChI is InChI=1S/C21H35N3O4.HI/c1-3-22-20(24-16-21(8-10-25)9-13-27-17-21)23-15-18-6-4-7-19(14-18)28-12-5-11-26-2;/h4,6-7,14,25H,3,5,8-13,15-17H2,1-2H3,(H2,22,23,24);1H. The van der Waals surface area contributed by atoms with Gasteiger partial charge in [0.25, 0.3) is 0 Å². The lowest BCUT2D eigenvalue weighted by Crippen LogP contribution is -2.44. The zero-order valence-electron chi connectivity index (χ0n) is 17.6. The maximum atomic E-state index is 9.38. The lowest BCUT2D eigenvalue weighted by atomic mass is 9.84. The number of nitrogens with one attached hydrogen (secondary N) is 2. The van der Waals surface area contributed by atoms with E-state index in [0.29, 0.717) is 26.4 Å². The van der Waals surface area contributed by atoms with Crippen LogP contribution in [0.25, 0.3) is 0 Å². The first-order valence-corrected chi connectivity index (χ1v) is 10.1. The van der Waals surface area contributed by atoms with Gasteiger partial charge in [-0.05, 0) is 37.5 Å². The topological polar surface area (TPSA) is 84.3 Å². The number of benzene rings is 1. The van der Waals surface area contributed by atoms with Gasteiger partial charge in [-0.3, -0.25) is 0 Å². The molecule has 1 fully saturated rings. The Hall–Kier alpha value is -1.10. The summed E-state index contributed by atoms with van der Waals surface area (Å²) in [7, 11) is 1.69. The molecule has 1 aliphatic heterocycles. The number of halogens is 1. The van der Waals surface area contributed by atoms with Crippen molar-refractivity contribution in [2.75, 3.05) is 53.2 Å². The highest BCUT2D eigenvalue weighted by Gasteiger charge is 2.34. The van der Waals surface area contributed by atoms with Gasteiger partial charge in [0.2, 0.25) is 0 Å². The quantitative estimate of drug-likeness (QED) is 0.170. The average Bonchev–Trinajstić information content (AvgIpc) is 3.17. The summed E-state index contributed by atoms with van der Waals surface area (Å²) in [6.07, 6.45) is 2.57. The molecule has 1 aromatic rings. The SMILES string of the molecule is CCNC(=NCc1cccc(OCCCOC)c1)NCC1(CCO)CCOC1.I. The molecule has 166 valence electrons. The maximum Gasteiger partial charge on any atom is 0.191 e. The van der Waals surface area contributed by atoms with Crippen molar-refractivity contribution in [3.05, 3.63) is 29.8 Å². The van der Waals surface area contributed by atoms with Crippen LogP contribution in [-0.4, -0.2) is 64.3 Å². The van der Waals surface area contributed by atoms with Crippen molar-refractivity contribution >= 4 is 29.9 Å². The number of hydrogen-bond acceptors (Lipinski definition) is 5. The number of aliphatic hydroxyl groups is 1. The molecule has 0 amide bonds. The van der Waals surface area contributed by atoms with Crippen LogP contribution >= 0.6 is 24.0 Å². The highest BCUT2D eigenvalue weighted by molar-refractivity contribution is 14.0. The Kier molecular flexibility index (Phi) is 13.2. The van der Waals surface area contributed by atoms with Crippen molar-refractivity contribution in [1.29, 1.82) is 0 Å². The average molecular weight is 521 g/mol. The van der Waals surface area contributed by atoms with Crippen molar-refractivity contribution in [3.8, 4) is 5.75 Å². The smallest absolute Gasteiger partial charge is 0.191 e. The maximum absolute atomic E-state index is 9.38. The van der Waals surface area contributed by atoms with Crippen LogP contribution in [0.2, 0.25) is 0 Å². The summed E-state index contributed by atoms with van der Waals surface area (Å²) in [4.78, 5) is 4.70. The summed E-state index contributed by atoms with van der Waals surface area (Å²) in [5.74, 6) is 1.63. The number of rotatable bonds is 12. The number of guanidine groups is 1. The van der Waals surface area contributed by atoms with Gasteiger partial charge in [0.1, 0.15) is 5.75 Å².